The molecule has 5 nitrogen and oxygen atoms in total. The molecule has 0 bridgehead atoms. The van der Waals surface area contributed by atoms with Crippen molar-refractivity contribution in [1.82, 2.24) is 4.57 Å². The monoisotopic (exact) mass is 296 g/mol. The summed E-state index contributed by atoms with van der Waals surface area (Å²) in [7, 11) is 1.65. The molecule has 2 heterocycles. The molecule has 20 heavy (non-hydrogen) atoms. The highest BCUT2D eigenvalue weighted by atomic mass is 35.5. The van der Waals surface area contributed by atoms with Gasteiger partial charge in [-0.1, -0.05) is 11.6 Å². The van der Waals surface area contributed by atoms with Gasteiger partial charge in [0.1, 0.15) is 5.69 Å². The molecule has 1 amide bonds. The van der Waals surface area contributed by atoms with Gasteiger partial charge in [0, 0.05) is 26.0 Å². The van der Waals surface area contributed by atoms with Crippen LogP contribution >= 0.6 is 11.6 Å². The van der Waals surface area contributed by atoms with Crippen molar-refractivity contribution in [1.29, 1.82) is 0 Å². The Morgan fingerprint density at radius 2 is 2.30 bits per heavy atom. The van der Waals surface area contributed by atoms with E-state index in [1.54, 1.807) is 25.5 Å². The smallest absolute Gasteiger partial charge is 0.252 e. The zero-order valence-corrected chi connectivity index (χ0v) is 12.2. The minimum Gasteiger partial charge on any atom is -0.463 e. The maximum atomic E-state index is 11.6. The topological polar surface area (TPSA) is 70.4 Å². The number of aromatic nitrogens is 1. The Balaban J connectivity index is 2.52. The van der Waals surface area contributed by atoms with Crippen LogP contribution < -0.4 is 5.73 Å². The zero-order valence-electron chi connectivity index (χ0n) is 11.5. The number of hydrogen-bond donors (Lipinski definition) is 1. The van der Waals surface area contributed by atoms with E-state index in [1.807, 2.05) is 11.5 Å². The second-order valence-corrected chi connectivity index (χ2v) is 4.84. The molecule has 2 rings (SSSR count). The third-order valence-corrected chi connectivity index (χ3v) is 3.56. The second-order valence-electron chi connectivity index (χ2n) is 4.46. The number of halogens is 1. The molecule has 2 N–H and O–H groups in total. The van der Waals surface area contributed by atoms with Gasteiger partial charge in [-0.05, 0) is 25.5 Å². The van der Waals surface area contributed by atoms with Crippen molar-refractivity contribution >= 4 is 17.5 Å². The maximum absolute atomic E-state index is 11.6. The number of hydrogen-bond acceptors (Lipinski definition) is 3. The third kappa shape index (κ3) is 2.59. The van der Waals surface area contributed by atoms with Gasteiger partial charge in [-0.25, -0.2) is 0 Å². The fourth-order valence-corrected chi connectivity index (χ4v) is 2.71. The quantitative estimate of drug-likeness (QED) is 0.833. The molecule has 0 unspecified atom stereocenters. The Bertz CT molecular complexity index is 602. The number of furan rings is 1. The number of nitrogens with zero attached hydrogens (tertiary/aromatic N) is 1. The minimum absolute atomic E-state index is 0.336. The summed E-state index contributed by atoms with van der Waals surface area (Å²) < 4.78 is 12.4. The predicted molar refractivity (Wildman–Crippen MR) is 76.9 cm³/mol. The van der Waals surface area contributed by atoms with Crippen molar-refractivity contribution in [2.75, 3.05) is 13.7 Å². The lowest BCUT2D eigenvalue weighted by atomic mass is 10.2. The van der Waals surface area contributed by atoms with Crippen molar-refractivity contribution in [2.45, 2.75) is 19.9 Å². The van der Waals surface area contributed by atoms with E-state index in [0.717, 1.165) is 12.1 Å². The Labute approximate surface area is 122 Å². The summed E-state index contributed by atoms with van der Waals surface area (Å²) in [5, 5.41) is 0.336. The zero-order chi connectivity index (χ0) is 14.7. The first-order chi connectivity index (χ1) is 9.57. The third-order valence-electron chi connectivity index (χ3n) is 3.20. The molecule has 0 aliphatic heterocycles. The minimum atomic E-state index is -0.536. The number of amides is 1. The normalized spacial score (nSPS) is 10.9. The molecular weight excluding hydrogens is 280 g/mol. The Morgan fingerprint density at radius 1 is 1.55 bits per heavy atom. The van der Waals surface area contributed by atoms with Gasteiger partial charge in [-0.3, -0.25) is 4.79 Å². The van der Waals surface area contributed by atoms with Crippen LogP contribution in [0.25, 0.3) is 11.5 Å². The SMILES string of the molecule is COCCCn1c(C)c(C(N)=O)c(Cl)c1-c1ccco1. The molecule has 0 radical (unpaired) electrons. The molecule has 6 heteroatoms. The Morgan fingerprint density at radius 3 is 2.85 bits per heavy atom. The summed E-state index contributed by atoms with van der Waals surface area (Å²) in [5.74, 6) is 0.0776. The van der Waals surface area contributed by atoms with Crippen LogP contribution in [0, 0.1) is 6.92 Å². The highest BCUT2D eigenvalue weighted by molar-refractivity contribution is 6.36. The molecule has 0 spiro atoms. The van der Waals surface area contributed by atoms with Gasteiger partial charge in [-0.15, -0.1) is 0 Å². The predicted octanol–water partition coefficient (Wildman–Crippen LogP) is 2.85. The lowest BCUT2D eigenvalue weighted by Gasteiger charge is -2.10. The molecule has 2 aromatic rings. The van der Waals surface area contributed by atoms with Crippen LogP contribution in [0.1, 0.15) is 22.5 Å². The van der Waals surface area contributed by atoms with Gasteiger partial charge in [-0.2, -0.15) is 0 Å². The van der Waals surface area contributed by atoms with Crippen molar-refractivity contribution in [3.05, 3.63) is 34.7 Å². The molecule has 0 saturated carbocycles. The van der Waals surface area contributed by atoms with Crippen LogP contribution in [-0.4, -0.2) is 24.2 Å². The van der Waals surface area contributed by atoms with Gasteiger partial charge in [0.05, 0.1) is 16.8 Å². The fraction of sp³-hybridized carbons (Fsp3) is 0.357. The molecule has 108 valence electrons. The Kier molecular flexibility index (Phi) is 4.52. The van der Waals surface area contributed by atoms with Crippen LogP contribution in [0.15, 0.2) is 22.8 Å². The molecule has 0 atom stereocenters. The van der Waals surface area contributed by atoms with Gasteiger partial charge < -0.3 is 19.5 Å². The van der Waals surface area contributed by atoms with Crippen molar-refractivity contribution in [3.8, 4) is 11.5 Å². The van der Waals surface area contributed by atoms with Crippen molar-refractivity contribution in [3.63, 3.8) is 0 Å². The summed E-state index contributed by atoms with van der Waals surface area (Å²) in [6.45, 7) is 3.12. The largest absolute Gasteiger partial charge is 0.463 e. The summed E-state index contributed by atoms with van der Waals surface area (Å²) in [6, 6.07) is 3.58. The standard InChI is InChI=1S/C14H17ClN2O3/c1-9-11(14(16)18)12(15)13(10-5-3-8-20-10)17(9)6-4-7-19-2/h3,5,8H,4,6-7H2,1-2H3,(H2,16,18). The summed E-state index contributed by atoms with van der Waals surface area (Å²) in [5.41, 5.74) is 7.18. The van der Waals surface area contributed by atoms with Crippen molar-refractivity contribution < 1.29 is 13.9 Å². The number of nitrogens with two attached hydrogens (primary N) is 1. The molecular formula is C14H17ClN2O3. The van der Waals surface area contributed by atoms with Crippen LogP contribution in [0.3, 0.4) is 0 Å². The summed E-state index contributed by atoms with van der Waals surface area (Å²) in [6.07, 6.45) is 2.37. The first kappa shape index (κ1) is 14.7. The van der Waals surface area contributed by atoms with Crippen LogP contribution in [0.5, 0.6) is 0 Å². The fourth-order valence-electron chi connectivity index (χ4n) is 2.29. The van der Waals surface area contributed by atoms with E-state index in [9.17, 15) is 4.79 Å². The van der Waals surface area contributed by atoms with Crippen LogP contribution in [-0.2, 0) is 11.3 Å². The van der Waals surface area contributed by atoms with Gasteiger partial charge in [0.2, 0.25) is 0 Å². The highest BCUT2D eigenvalue weighted by Crippen LogP contribution is 2.35. The lowest BCUT2D eigenvalue weighted by molar-refractivity contribution is 0.0999. The molecule has 0 aliphatic carbocycles. The number of primary amides is 1. The molecule has 0 fully saturated rings. The number of rotatable bonds is 6. The van der Waals surface area contributed by atoms with E-state index in [-0.39, 0.29) is 0 Å². The van der Waals surface area contributed by atoms with E-state index in [2.05, 4.69) is 0 Å². The van der Waals surface area contributed by atoms with E-state index in [1.165, 1.54) is 0 Å². The van der Waals surface area contributed by atoms with Gasteiger partial charge in [0.25, 0.3) is 5.91 Å². The summed E-state index contributed by atoms with van der Waals surface area (Å²) in [4.78, 5) is 11.6. The molecule has 0 saturated heterocycles. The van der Waals surface area contributed by atoms with Crippen molar-refractivity contribution in [2.24, 2.45) is 5.73 Å². The molecule has 0 aromatic carbocycles. The Hall–Kier alpha value is -1.72. The van der Waals surface area contributed by atoms with E-state index < -0.39 is 5.91 Å². The van der Waals surface area contributed by atoms with Gasteiger partial charge >= 0.3 is 0 Å². The number of carbonyl (C=O) groups excluding carboxylic acids is 1. The van der Waals surface area contributed by atoms with E-state index in [4.69, 9.17) is 26.5 Å². The van der Waals surface area contributed by atoms with Crippen LogP contribution in [0.2, 0.25) is 5.02 Å². The van der Waals surface area contributed by atoms with E-state index >= 15 is 0 Å². The summed E-state index contributed by atoms with van der Waals surface area (Å²) >= 11 is 6.32. The maximum Gasteiger partial charge on any atom is 0.252 e. The van der Waals surface area contributed by atoms with Gasteiger partial charge in [0.15, 0.2) is 5.76 Å². The second kappa shape index (κ2) is 6.15. The number of methoxy groups -OCH3 is 1. The average molecular weight is 297 g/mol. The first-order valence-corrected chi connectivity index (χ1v) is 6.67. The number of carbonyl (C=O) groups is 1. The first-order valence-electron chi connectivity index (χ1n) is 6.29. The lowest BCUT2D eigenvalue weighted by Crippen LogP contribution is -2.13. The number of ether oxygens (including phenoxy) is 1. The van der Waals surface area contributed by atoms with E-state index in [0.29, 0.717) is 35.2 Å². The molecule has 0 aliphatic rings. The molecule has 2 aromatic heterocycles. The average Bonchev–Trinajstić information content (AvgIpc) is 2.97. The highest BCUT2D eigenvalue weighted by Gasteiger charge is 2.24. The van der Waals surface area contributed by atoms with Crippen LogP contribution in [0.4, 0.5) is 0 Å².